The van der Waals surface area contributed by atoms with Gasteiger partial charge in [-0.2, -0.15) is 10.1 Å². The summed E-state index contributed by atoms with van der Waals surface area (Å²) in [6, 6.07) is 1.92. The molecule has 0 aliphatic carbocycles. The van der Waals surface area contributed by atoms with Gasteiger partial charge in [0.1, 0.15) is 0 Å². The van der Waals surface area contributed by atoms with Crippen LogP contribution >= 0.6 is 24.0 Å². The molecule has 0 aliphatic heterocycles. The van der Waals surface area contributed by atoms with Gasteiger partial charge in [0.15, 0.2) is 11.8 Å². The average molecular weight is 433 g/mol. The highest BCUT2D eigenvalue weighted by molar-refractivity contribution is 14.0. The summed E-state index contributed by atoms with van der Waals surface area (Å²) in [4.78, 5) is 8.71. The summed E-state index contributed by atoms with van der Waals surface area (Å²) in [5.41, 5.74) is 0. The summed E-state index contributed by atoms with van der Waals surface area (Å²) in [7, 11) is 0. The maximum absolute atomic E-state index is 5.07. The van der Waals surface area contributed by atoms with Crippen LogP contribution in [0.1, 0.15) is 25.1 Å². The first-order valence-electron chi connectivity index (χ1n) is 7.56. The third kappa shape index (κ3) is 7.44. The number of halogens is 1. The molecule has 0 radical (unpaired) electrons. The number of hydrogen-bond acceptors (Lipinski definition) is 5. The number of nitrogens with one attached hydrogen (secondary N) is 2. The Morgan fingerprint density at radius 1 is 1.39 bits per heavy atom. The van der Waals surface area contributed by atoms with Gasteiger partial charge in [0.25, 0.3) is 0 Å². The minimum Gasteiger partial charge on any atom is -0.357 e. The highest BCUT2D eigenvalue weighted by Gasteiger charge is 2.03. The molecule has 2 aromatic heterocycles. The highest BCUT2D eigenvalue weighted by Crippen LogP contribution is 1.95. The van der Waals surface area contributed by atoms with Gasteiger partial charge in [-0.3, -0.25) is 9.67 Å². The molecule has 23 heavy (non-hydrogen) atoms. The second kappa shape index (κ2) is 11.0. The summed E-state index contributed by atoms with van der Waals surface area (Å²) < 4.78 is 6.99. The SMILES string of the molecule is CCNC(=NCCCn1cccn1)NCCc1nc(C)no1.I. The van der Waals surface area contributed by atoms with E-state index in [-0.39, 0.29) is 24.0 Å². The number of guanidine groups is 1. The van der Waals surface area contributed by atoms with Gasteiger partial charge in [0.05, 0.1) is 0 Å². The van der Waals surface area contributed by atoms with Crippen LogP contribution < -0.4 is 10.6 Å². The number of rotatable bonds is 8. The number of aromatic nitrogens is 4. The maximum atomic E-state index is 5.07. The molecule has 0 aromatic carbocycles. The molecule has 0 bridgehead atoms. The van der Waals surface area contributed by atoms with E-state index in [1.54, 1.807) is 6.20 Å². The van der Waals surface area contributed by atoms with Crippen LogP contribution in [0.5, 0.6) is 0 Å². The summed E-state index contributed by atoms with van der Waals surface area (Å²) in [6.45, 7) is 7.00. The van der Waals surface area contributed by atoms with Crippen molar-refractivity contribution < 1.29 is 4.52 Å². The van der Waals surface area contributed by atoms with Gasteiger partial charge in [0, 0.05) is 45.0 Å². The molecule has 8 nitrogen and oxygen atoms in total. The molecule has 9 heteroatoms. The minimum absolute atomic E-state index is 0. The number of hydrogen-bond donors (Lipinski definition) is 2. The van der Waals surface area contributed by atoms with Gasteiger partial charge < -0.3 is 15.2 Å². The normalized spacial score (nSPS) is 11.1. The monoisotopic (exact) mass is 433 g/mol. The first-order valence-corrected chi connectivity index (χ1v) is 7.56. The second-order valence-corrected chi connectivity index (χ2v) is 4.80. The predicted octanol–water partition coefficient (Wildman–Crippen LogP) is 1.38. The largest absolute Gasteiger partial charge is 0.357 e. The molecule has 0 spiro atoms. The maximum Gasteiger partial charge on any atom is 0.228 e. The molecule has 0 saturated heterocycles. The fourth-order valence-corrected chi connectivity index (χ4v) is 1.93. The molecular formula is C14H24IN7O. The van der Waals surface area contributed by atoms with Crippen molar-refractivity contribution in [2.24, 2.45) is 4.99 Å². The third-order valence-electron chi connectivity index (χ3n) is 2.92. The Bertz CT molecular complexity index is 567. The second-order valence-electron chi connectivity index (χ2n) is 4.80. The molecule has 2 heterocycles. The Morgan fingerprint density at radius 2 is 2.26 bits per heavy atom. The Hall–Kier alpha value is -1.65. The first-order chi connectivity index (χ1) is 10.8. The van der Waals surface area contributed by atoms with E-state index in [1.807, 2.05) is 30.8 Å². The molecular weight excluding hydrogens is 409 g/mol. The van der Waals surface area contributed by atoms with Crippen LogP contribution in [0.2, 0.25) is 0 Å². The van der Waals surface area contributed by atoms with Crippen LogP contribution in [0.25, 0.3) is 0 Å². The Kier molecular flexibility index (Phi) is 9.25. The number of aliphatic imine (C=N–C) groups is 1. The van der Waals surface area contributed by atoms with Crippen molar-refractivity contribution in [3.63, 3.8) is 0 Å². The average Bonchev–Trinajstić information content (AvgIpc) is 3.15. The van der Waals surface area contributed by atoms with Crippen LogP contribution in [0.3, 0.4) is 0 Å². The van der Waals surface area contributed by atoms with E-state index in [0.717, 1.165) is 32.0 Å². The van der Waals surface area contributed by atoms with Crippen LogP contribution in [-0.4, -0.2) is 45.5 Å². The van der Waals surface area contributed by atoms with E-state index >= 15 is 0 Å². The molecule has 2 N–H and O–H groups in total. The molecule has 0 amide bonds. The lowest BCUT2D eigenvalue weighted by atomic mass is 10.4. The van der Waals surface area contributed by atoms with Gasteiger partial charge >= 0.3 is 0 Å². The molecule has 0 atom stereocenters. The molecule has 0 aliphatic rings. The van der Waals surface area contributed by atoms with E-state index in [4.69, 9.17) is 4.52 Å². The molecule has 0 unspecified atom stereocenters. The van der Waals surface area contributed by atoms with Crippen molar-refractivity contribution in [1.29, 1.82) is 0 Å². The van der Waals surface area contributed by atoms with Crippen molar-refractivity contribution in [2.45, 2.75) is 33.2 Å². The van der Waals surface area contributed by atoms with Crippen molar-refractivity contribution in [3.8, 4) is 0 Å². The van der Waals surface area contributed by atoms with Crippen molar-refractivity contribution in [1.82, 2.24) is 30.6 Å². The fourth-order valence-electron chi connectivity index (χ4n) is 1.93. The molecule has 0 saturated carbocycles. The first kappa shape index (κ1) is 19.4. The van der Waals surface area contributed by atoms with Gasteiger partial charge in [0.2, 0.25) is 5.89 Å². The lowest BCUT2D eigenvalue weighted by molar-refractivity contribution is 0.374. The van der Waals surface area contributed by atoms with E-state index < -0.39 is 0 Å². The molecule has 0 fully saturated rings. The number of nitrogens with zero attached hydrogens (tertiary/aromatic N) is 5. The van der Waals surface area contributed by atoms with E-state index in [0.29, 0.717) is 24.7 Å². The topological polar surface area (TPSA) is 93.2 Å². The quantitative estimate of drug-likeness (QED) is 0.283. The van der Waals surface area contributed by atoms with E-state index in [9.17, 15) is 0 Å². The zero-order valence-electron chi connectivity index (χ0n) is 13.5. The van der Waals surface area contributed by atoms with Gasteiger partial charge in [-0.05, 0) is 26.3 Å². The van der Waals surface area contributed by atoms with Crippen LogP contribution in [0.4, 0.5) is 0 Å². The zero-order chi connectivity index (χ0) is 15.6. The van der Waals surface area contributed by atoms with Gasteiger partial charge in [-0.15, -0.1) is 24.0 Å². The zero-order valence-corrected chi connectivity index (χ0v) is 15.9. The van der Waals surface area contributed by atoms with E-state index in [1.165, 1.54) is 0 Å². The van der Waals surface area contributed by atoms with Crippen molar-refractivity contribution in [3.05, 3.63) is 30.2 Å². The Morgan fingerprint density at radius 3 is 2.91 bits per heavy atom. The van der Waals surface area contributed by atoms with E-state index in [2.05, 4.69) is 30.9 Å². The summed E-state index contributed by atoms with van der Waals surface area (Å²) in [5, 5.41) is 14.4. The highest BCUT2D eigenvalue weighted by atomic mass is 127. The smallest absolute Gasteiger partial charge is 0.228 e. The van der Waals surface area contributed by atoms with Crippen molar-refractivity contribution in [2.75, 3.05) is 19.6 Å². The van der Waals surface area contributed by atoms with Gasteiger partial charge in [-0.25, -0.2) is 0 Å². The van der Waals surface area contributed by atoms with Crippen LogP contribution in [0, 0.1) is 6.92 Å². The lowest BCUT2D eigenvalue weighted by Gasteiger charge is -2.10. The Labute approximate surface area is 153 Å². The minimum atomic E-state index is 0. The summed E-state index contributed by atoms with van der Waals surface area (Å²) in [6.07, 6.45) is 5.37. The molecule has 2 rings (SSSR count). The third-order valence-corrected chi connectivity index (χ3v) is 2.92. The summed E-state index contributed by atoms with van der Waals surface area (Å²) >= 11 is 0. The van der Waals surface area contributed by atoms with Crippen LogP contribution in [0.15, 0.2) is 28.0 Å². The van der Waals surface area contributed by atoms with Crippen molar-refractivity contribution >= 4 is 29.9 Å². The lowest BCUT2D eigenvalue weighted by Crippen LogP contribution is -2.38. The molecule has 128 valence electrons. The van der Waals surface area contributed by atoms with Crippen LogP contribution in [-0.2, 0) is 13.0 Å². The standard InChI is InChI=1S/C14H23N7O.HI/c1-3-15-14(16-7-4-10-21-11-5-8-18-21)17-9-6-13-19-12(2)20-22-13;/h5,8,11H,3-4,6-7,9-10H2,1-2H3,(H2,15,16,17);1H. The molecule has 2 aromatic rings. The fraction of sp³-hybridized carbons (Fsp3) is 0.571. The predicted molar refractivity (Wildman–Crippen MR) is 99.0 cm³/mol. The summed E-state index contributed by atoms with van der Waals surface area (Å²) in [5.74, 6) is 2.10. The number of aryl methyl sites for hydroxylation is 2. The Balaban J connectivity index is 0.00000264. The van der Waals surface area contributed by atoms with Gasteiger partial charge in [-0.1, -0.05) is 5.16 Å².